The number of nitrogens with two attached hydrogens (primary N) is 1. The van der Waals surface area contributed by atoms with Gasteiger partial charge in [-0.25, -0.2) is 0 Å². The van der Waals surface area contributed by atoms with Crippen molar-refractivity contribution in [2.75, 3.05) is 13.1 Å². The molecule has 1 aromatic heterocycles. The van der Waals surface area contributed by atoms with Gasteiger partial charge in [-0.2, -0.15) is 5.10 Å². The van der Waals surface area contributed by atoms with Crippen LogP contribution in [-0.2, 0) is 13.6 Å². The van der Waals surface area contributed by atoms with Crippen molar-refractivity contribution in [1.29, 1.82) is 0 Å². The fourth-order valence-electron chi connectivity index (χ4n) is 2.06. The Labute approximate surface area is 111 Å². The molecule has 0 aliphatic carbocycles. The van der Waals surface area contributed by atoms with Crippen molar-refractivity contribution in [3.63, 3.8) is 0 Å². The summed E-state index contributed by atoms with van der Waals surface area (Å²) in [7, 11) is 1.98. The second kappa shape index (κ2) is 6.00. The van der Waals surface area contributed by atoms with Crippen molar-refractivity contribution in [2.24, 2.45) is 12.8 Å². The number of nitrogens with zero attached hydrogens (tertiary/aromatic N) is 3. The molecule has 0 amide bonds. The van der Waals surface area contributed by atoms with E-state index in [1.54, 1.807) is 0 Å². The summed E-state index contributed by atoms with van der Waals surface area (Å²) in [6.07, 6.45) is 4.21. The number of piperidine rings is 1. The van der Waals surface area contributed by atoms with Crippen molar-refractivity contribution in [1.82, 2.24) is 14.7 Å². The van der Waals surface area contributed by atoms with Crippen molar-refractivity contribution >= 4 is 28.3 Å². The maximum atomic E-state index is 5.95. The first-order valence-corrected chi connectivity index (χ1v) is 6.10. The standard InChI is InChI=1S/C10H17BrN4.ClH/c1-14-10(9(11)5-13-14)7-15-4-2-3-8(12)6-15;/h5,8H,2-4,6-7,12H2,1H3;1H. The molecule has 6 heteroatoms. The average Bonchev–Trinajstić information content (AvgIpc) is 2.50. The minimum Gasteiger partial charge on any atom is -0.327 e. The molecule has 1 fully saturated rings. The Bertz CT molecular complexity index is 322. The molecule has 0 bridgehead atoms. The summed E-state index contributed by atoms with van der Waals surface area (Å²) < 4.78 is 3.01. The summed E-state index contributed by atoms with van der Waals surface area (Å²) in [5.74, 6) is 0. The Hall–Kier alpha value is -0.100. The maximum absolute atomic E-state index is 5.95. The summed E-state index contributed by atoms with van der Waals surface area (Å²) in [6.45, 7) is 3.08. The van der Waals surface area contributed by atoms with Gasteiger partial charge in [-0.15, -0.1) is 12.4 Å². The Morgan fingerprint density at radius 1 is 1.62 bits per heavy atom. The van der Waals surface area contributed by atoms with Gasteiger partial charge >= 0.3 is 0 Å². The highest BCUT2D eigenvalue weighted by Crippen LogP contribution is 2.19. The van der Waals surface area contributed by atoms with E-state index in [0.717, 1.165) is 30.5 Å². The van der Waals surface area contributed by atoms with Gasteiger partial charge in [0.15, 0.2) is 0 Å². The van der Waals surface area contributed by atoms with E-state index in [1.165, 1.54) is 12.1 Å². The van der Waals surface area contributed by atoms with Crippen LogP contribution in [0.2, 0.25) is 0 Å². The highest BCUT2D eigenvalue weighted by Gasteiger charge is 2.18. The maximum Gasteiger partial charge on any atom is 0.0663 e. The third-order valence-corrected chi connectivity index (χ3v) is 3.59. The van der Waals surface area contributed by atoms with Crippen molar-refractivity contribution < 1.29 is 0 Å². The van der Waals surface area contributed by atoms with Gasteiger partial charge in [0.1, 0.15) is 0 Å². The topological polar surface area (TPSA) is 47.1 Å². The molecule has 0 aromatic carbocycles. The van der Waals surface area contributed by atoms with Crippen LogP contribution in [0.1, 0.15) is 18.5 Å². The van der Waals surface area contributed by atoms with Crippen LogP contribution in [0, 0.1) is 0 Å². The Kier molecular flexibility index (Phi) is 5.24. The molecule has 92 valence electrons. The van der Waals surface area contributed by atoms with Crippen molar-refractivity contribution in [2.45, 2.75) is 25.4 Å². The second-order valence-electron chi connectivity index (χ2n) is 4.20. The molecule has 1 aliphatic rings. The van der Waals surface area contributed by atoms with Gasteiger partial charge in [-0.1, -0.05) is 0 Å². The zero-order valence-electron chi connectivity index (χ0n) is 9.40. The van der Waals surface area contributed by atoms with E-state index in [9.17, 15) is 0 Å². The number of aromatic nitrogens is 2. The summed E-state index contributed by atoms with van der Waals surface area (Å²) in [5, 5.41) is 4.21. The fraction of sp³-hybridized carbons (Fsp3) is 0.700. The third kappa shape index (κ3) is 3.20. The molecule has 4 nitrogen and oxygen atoms in total. The SMILES string of the molecule is Cl.Cn1ncc(Br)c1CN1CCCC(N)C1. The van der Waals surface area contributed by atoms with Gasteiger partial charge in [-0.3, -0.25) is 9.58 Å². The summed E-state index contributed by atoms with van der Waals surface area (Å²) in [5.41, 5.74) is 7.18. The van der Waals surface area contributed by atoms with Gasteiger partial charge in [-0.05, 0) is 35.3 Å². The van der Waals surface area contributed by atoms with Gasteiger partial charge in [0, 0.05) is 26.2 Å². The zero-order chi connectivity index (χ0) is 10.8. The molecule has 0 saturated carbocycles. The number of likely N-dealkylation sites (tertiary alicyclic amines) is 1. The largest absolute Gasteiger partial charge is 0.327 e. The van der Waals surface area contributed by atoms with Crippen LogP contribution in [0.3, 0.4) is 0 Å². The second-order valence-corrected chi connectivity index (χ2v) is 5.05. The predicted octanol–water partition coefficient (Wildman–Crippen LogP) is 1.53. The molecule has 1 saturated heterocycles. The van der Waals surface area contributed by atoms with Crippen LogP contribution in [0.15, 0.2) is 10.7 Å². The predicted molar refractivity (Wildman–Crippen MR) is 70.6 cm³/mol. The molecule has 2 heterocycles. The van der Waals surface area contributed by atoms with Crippen molar-refractivity contribution in [3.05, 3.63) is 16.4 Å². The lowest BCUT2D eigenvalue weighted by Gasteiger charge is -2.30. The van der Waals surface area contributed by atoms with E-state index in [1.807, 2.05) is 17.9 Å². The lowest BCUT2D eigenvalue weighted by atomic mass is 10.1. The first-order chi connectivity index (χ1) is 7.16. The summed E-state index contributed by atoms with van der Waals surface area (Å²) in [6, 6.07) is 0.339. The average molecular weight is 310 g/mol. The Morgan fingerprint density at radius 2 is 2.38 bits per heavy atom. The van der Waals surface area contributed by atoms with Crippen LogP contribution in [0.25, 0.3) is 0 Å². The molecule has 2 N–H and O–H groups in total. The van der Waals surface area contributed by atoms with Crippen LogP contribution < -0.4 is 5.73 Å². The number of hydrogen-bond donors (Lipinski definition) is 1. The Morgan fingerprint density at radius 3 is 2.94 bits per heavy atom. The molecule has 1 atom stereocenters. The zero-order valence-corrected chi connectivity index (χ0v) is 11.8. The van der Waals surface area contributed by atoms with Gasteiger partial charge in [0.05, 0.1) is 16.4 Å². The monoisotopic (exact) mass is 308 g/mol. The number of hydrogen-bond acceptors (Lipinski definition) is 3. The van der Waals surface area contributed by atoms with Gasteiger partial charge < -0.3 is 5.73 Å². The highest BCUT2D eigenvalue weighted by molar-refractivity contribution is 9.10. The van der Waals surface area contributed by atoms with E-state index in [-0.39, 0.29) is 12.4 Å². The van der Waals surface area contributed by atoms with E-state index < -0.39 is 0 Å². The van der Waals surface area contributed by atoms with Crippen LogP contribution in [0.5, 0.6) is 0 Å². The molecule has 1 unspecified atom stereocenters. The van der Waals surface area contributed by atoms with Crippen LogP contribution in [0.4, 0.5) is 0 Å². The van der Waals surface area contributed by atoms with E-state index >= 15 is 0 Å². The fourth-order valence-corrected chi connectivity index (χ4v) is 2.53. The van der Waals surface area contributed by atoms with Crippen LogP contribution in [-0.4, -0.2) is 33.8 Å². The smallest absolute Gasteiger partial charge is 0.0663 e. The van der Waals surface area contributed by atoms with E-state index in [0.29, 0.717) is 6.04 Å². The summed E-state index contributed by atoms with van der Waals surface area (Å²) in [4.78, 5) is 2.40. The molecular weight excluding hydrogens is 291 g/mol. The molecule has 0 spiro atoms. The van der Waals surface area contributed by atoms with E-state index in [2.05, 4.69) is 25.9 Å². The lowest BCUT2D eigenvalue weighted by molar-refractivity contribution is 0.197. The third-order valence-electron chi connectivity index (χ3n) is 2.93. The van der Waals surface area contributed by atoms with Crippen molar-refractivity contribution in [3.8, 4) is 0 Å². The number of halogens is 2. The van der Waals surface area contributed by atoms with Gasteiger partial charge in [0.2, 0.25) is 0 Å². The lowest BCUT2D eigenvalue weighted by Crippen LogP contribution is -2.42. The molecule has 0 radical (unpaired) electrons. The van der Waals surface area contributed by atoms with Gasteiger partial charge in [0.25, 0.3) is 0 Å². The number of aryl methyl sites for hydroxylation is 1. The minimum atomic E-state index is 0. The summed E-state index contributed by atoms with van der Waals surface area (Å²) >= 11 is 3.52. The molecule has 1 aliphatic heterocycles. The normalized spacial score (nSPS) is 21.8. The number of rotatable bonds is 2. The van der Waals surface area contributed by atoms with Crippen LogP contribution >= 0.6 is 28.3 Å². The Balaban J connectivity index is 0.00000128. The highest BCUT2D eigenvalue weighted by atomic mass is 79.9. The molecule has 16 heavy (non-hydrogen) atoms. The first-order valence-electron chi connectivity index (χ1n) is 5.31. The quantitative estimate of drug-likeness (QED) is 0.901. The first kappa shape index (κ1) is 14.0. The van der Waals surface area contributed by atoms with E-state index in [4.69, 9.17) is 5.73 Å². The minimum absolute atomic E-state index is 0. The molecular formula is C10H18BrClN4. The molecule has 2 rings (SSSR count). The molecule has 1 aromatic rings.